The van der Waals surface area contributed by atoms with E-state index in [-0.39, 0.29) is 5.82 Å². The summed E-state index contributed by atoms with van der Waals surface area (Å²) in [6.45, 7) is 5.59. The molecule has 1 rings (SSSR count). The molecule has 13 heavy (non-hydrogen) atoms. The molecule has 2 heteroatoms. The SMILES string of the molecule is C=CN(C)c1cccc(F)c1CC. The van der Waals surface area contributed by atoms with Gasteiger partial charge in [0, 0.05) is 18.3 Å². The van der Waals surface area contributed by atoms with Gasteiger partial charge in [-0.05, 0) is 24.8 Å². The third-order valence-electron chi connectivity index (χ3n) is 2.10. The van der Waals surface area contributed by atoms with Crippen LogP contribution in [0.15, 0.2) is 31.0 Å². The summed E-state index contributed by atoms with van der Waals surface area (Å²) in [4.78, 5) is 1.82. The van der Waals surface area contributed by atoms with Gasteiger partial charge in [-0.1, -0.05) is 19.6 Å². The van der Waals surface area contributed by atoms with Crippen molar-refractivity contribution in [1.29, 1.82) is 0 Å². The zero-order valence-corrected chi connectivity index (χ0v) is 8.05. The Bertz CT molecular complexity index is 307. The molecule has 0 radical (unpaired) electrons. The molecule has 0 aliphatic heterocycles. The molecule has 0 N–H and O–H groups in total. The van der Waals surface area contributed by atoms with E-state index in [0.29, 0.717) is 6.42 Å². The summed E-state index contributed by atoms with van der Waals surface area (Å²) in [5, 5.41) is 0. The fourth-order valence-electron chi connectivity index (χ4n) is 1.33. The summed E-state index contributed by atoms with van der Waals surface area (Å²) in [5.74, 6) is -0.145. The van der Waals surface area contributed by atoms with E-state index in [1.165, 1.54) is 6.07 Å². The lowest BCUT2D eigenvalue weighted by Gasteiger charge is -2.17. The molecule has 0 bridgehead atoms. The molecular weight excluding hydrogens is 165 g/mol. The quantitative estimate of drug-likeness (QED) is 0.689. The van der Waals surface area contributed by atoms with E-state index in [2.05, 4.69) is 6.58 Å². The highest BCUT2D eigenvalue weighted by Gasteiger charge is 2.07. The Labute approximate surface area is 78.5 Å². The van der Waals surface area contributed by atoms with Gasteiger partial charge in [-0.15, -0.1) is 0 Å². The Morgan fingerprint density at radius 3 is 2.77 bits per heavy atom. The molecule has 0 amide bonds. The number of anilines is 1. The maximum atomic E-state index is 13.3. The zero-order chi connectivity index (χ0) is 9.84. The zero-order valence-electron chi connectivity index (χ0n) is 8.05. The summed E-state index contributed by atoms with van der Waals surface area (Å²) in [5.41, 5.74) is 1.63. The van der Waals surface area contributed by atoms with Crippen molar-refractivity contribution in [3.05, 3.63) is 42.4 Å². The van der Waals surface area contributed by atoms with E-state index in [9.17, 15) is 4.39 Å². The number of hydrogen-bond donors (Lipinski definition) is 0. The minimum Gasteiger partial charge on any atom is -0.351 e. The number of halogens is 1. The van der Waals surface area contributed by atoms with E-state index in [4.69, 9.17) is 0 Å². The second-order valence-corrected chi connectivity index (χ2v) is 2.88. The molecule has 1 aromatic carbocycles. The number of nitrogens with zero attached hydrogens (tertiary/aromatic N) is 1. The molecule has 0 heterocycles. The van der Waals surface area contributed by atoms with Crippen LogP contribution in [0.4, 0.5) is 10.1 Å². The lowest BCUT2D eigenvalue weighted by Crippen LogP contribution is -2.10. The maximum Gasteiger partial charge on any atom is 0.128 e. The largest absolute Gasteiger partial charge is 0.351 e. The number of rotatable bonds is 3. The molecule has 1 aromatic rings. The van der Waals surface area contributed by atoms with Crippen LogP contribution in [0.25, 0.3) is 0 Å². The summed E-state index contributed by atoms with van der Waals surface area (Å²) in [7, 11) is 1.86. The van der Waals surface area contributed by atoms with E-state index < -0.39 is 0 Å². The van der Waals surface area contributed by atoms with Crippen LogP contribution in [0.1, 0.15) is 12.5 Å². The highest BCUT2D eigenvalue weighted by molar-refractivity contribution is 5.55. The Morgan fingerprint density at radius 1 is 1.54 bits per heavy atom. The first-order valence-corrected chi connectivity index (χ1v) is 4.33. The number of hydrogen-bond acceptors (Lipinski definition) is 1. The van der Waals surface area contributed by atoms with Crippen molar-refractivity contribution in [3.8, 4) is 0 Å². The normalized spacial score (nSPS) is 9.77. The third-order valence-corrected chi connectivity index (χ3v) is 2.10. The van der Waals surface area contributed by atoms with Gasteiger partial charge in [-0.3, -0.25) is 0 Å². The third kappa shape index (κ3) is 1.89. The van der Waals surface area contributed by atoms with Crippen LogP contribution in [-0.4, -0.2) is 7.05 Å². The summed E-state index contributed by atoms with van der Waals surface area (Å²) in [6.07, 6.45) is 2.37. The fourth-order valence-corrected chi connectivity index (χ4v) is 1.33. The first kappa shape index (κ1) is 9.78. The monoisotopic (exact) mass is 179 g/mol. The molecule has 0 aromatic heterocycles. The van der Waals surface area contributed by atoms with Crippen LogP contribution in [0.3, 0.4) is 0 Å². The molecule has 0 unspecified atom stereocenters. The Morgan fingerprint density at radius 2 is 2.23 bits per heavy atom. The van der Waals surface area contributed by atoms with Gasteiger partial charge in [-0.25, -0.2) is 4.39 Å². The predicted octanol–water partition coefficient (Wildman–Crippen LogP) is 2.97. The van der Waals surface area contributed by atoms with E-state index in [0.717, 1.165) is 11.3 Å². The molecule has 0 aliphatic carbocycles. The molecule has 1 nitrogen and oxygen atoms in total. The lowest BCUT2D eigenvalue weighted by atomic mass is 10.1. The molecule has 0 fully saturated rings. The smallest absolute Gasteiger partial charge is 0.128 e. The van der Waals surface area contributed by atoms with Gasteiger partial charge in [0.2, 0.25) is 0 Å². The van der Waals surface area contributed by atoms with Crippen molar-refractivity contribution < 1.29 is 4.39 Å². The van der Waals surface area contributed by atoms with E-state index >= 15 is 0 Å². The minimum absolute atomic E-state index is 0.145. The topological polar surface area (TPSA) is 3.24 Å². The van der Waals surface area contributed by atoms with Gasteiger partial charge < -0.3 is 4.90 Å². The average Bonchev–Trinajstić information content (AvgIpc) is 2.16. The van der Waals surface area contributed by atoms with Crippen LogP contribution in [-0.2, 0) is 6.42 Å². The first-order valence-electron chi connectivity index (χ1n) is 4.33. The molecule has 0 spiro atoms. The molecule has 0 aliphatic rings. The summed E-state index contributed by atoms with van der Waals surface area (Å²) >= 11 is 0. The van der Waals surface area contributed by atoms with Gasteiger partial charge in [0.25, 0.3) is 0 Å². The highest BCUT2D eigenvalue weighted by atomic mass is 19.1. The molecule has 0 atom stereocenters. The van der Waals surface area contributed by atoms with Crippen molar-refractivity contribution in [3.63, 3.8) is 0 Å². The highest BCUT2D eigenvalue weighted by Crippen LogP contribution is 2.22. The van der Waals surface area contributed by atoms with Crippen LogP contribution >= 0.6 is 0 Å². The number of benzene rings is 1. The average molecular weight is 179 g/mol. The van der Waals surface area contributed by atoms with Crippen molar-refractivity contribution in [1.82, 2.24) is 0 Å². The van der Waals surface area contributed by atoms with Crippen molar-refractivity contribution >= 4 is 5.69 Å². The fraction of sp³-hybridized carbons (Fsp3) is 0.273. The first-order chi connectivity index (χ1) is 6.20. The van der Waals surface area contributed by atoms with Crippen molar-refractivity contribution in [2.24, 2.45) is 0 Å². The Kier molecular flexibility index (Phi) is 3.07. The maximum absolute atomic E-state index is 13.3. The Hall–Kier alpha value is -1.31. The second-order valence-electron chi connectivity index (χ2n) is 2.88. The molecular formula is C11H14FN. The van der Waals surface area contributed by atoms with Gasteiger partial charge in [0.05, 0.1) is 0 Å². The molecule has 0 saturated heterocycles. The van der Waals surface area contributed by atoms with Crippen molar-refractivity contribution in [2.75, 3.05) is 11.9 Å². The molecule has 70 valence electrons. The van der Waals surface area contributed by atoms with E-state index in [1.54, 1.807) is 12.3 Å². The van der Waals surface area contributed by atoms with Gasteiger partial charge in [-0.2, -0.15) is 0 Å². The predicted molar refractivity (Wildman–Crippen MR) is 54.4 cm³/mol. The second kappa shape index (κ2) is 4.08. The molecule has 0 saturated carbocycles. The van der Waals surface area contributed by atoms with Gasteiger partial charge >= 0.3 is 0 Å². The van der Waals surface area contributed by atoms with Crippen LogP contribution in [0.2, 0.25) is 0 Å². The standard InChI is InChI=1S/C11H14FN/c1-4-9-10(12)7-6-8-11(9)13(3)5-2/h5-8H,2,4H2,1,3H3. The summed E-state index contributed by atoms with van der Waals surface area (Å²) < 4.78 is 13.3. The van der Waals surface area contributed by atoms with Crippen LogP contribution < -0.4 is 4.90 Å². The van der Waals surface area contributed by atoms with Crippen molar-refractivity contribution in [2.45, 2.75) is 13.3 Å². The van der Waals surface area contributed by atoms with Crippen LogP contribution in [0.5, 0.6) is 0 Å². The minimum atomic E-state index is -0.145. The van der Waals surface area contributed by atoms with Gasteiger partial charge in [0.1, 0.15) is 5.82 Å². The van der Waals surface area contributed by atoms with E-state index in [1.807, 2.05) is 24.9 Å². The van der Waals surface area contributed by atoms with Gasteiger partial charge in [0.15, 0.2) is 0 Å². The lowest BCUT2D eigenvalue weighted by molar-refractivity contribution is 0.612. The van der Waals surface area contributed by atoms with Crippen LogP contribution in [0, 0.1) is 5.82 Å². The summed E-state index contributed by atoms with van der Waals surface area (Å²) in [6, 6.07) is 5.09. The Balaban J connectivity index is 3.19.